The van der Waals surface area contributed by atoms with E-state index in [-0.39, 0.29) is 6.61 Å². The molecular formula is C44H83NO9. The summed E-state index contributed by atoms with van der Waals surface area (Å²) in [5.74, 6) is -0.626. The van der Waals surface area contributed by atoms with E-state index < -0.39 is 61.5 Å². The lowest BCUT2D eigenvalue weighted by atomic mass is 9.99. The zero-order chi connectivity index (χ0) is 39.7. The van der Waals surface area contributed by atoms with E-state index in [0.717, 1.165) is 51.4 Å². The quantitative estimate of drug-likeness (QED) is 0.0250. The van der Waals surface area contributed by atoms with Crippen LogP contribution in [-0.4, -0.2) is 98.7 Å². The standard InChI is InChI=1S/C44H83NO9/c1-3-5-7-9-11-13-15-17-18-19-20-21-23-25-27-29-31-33-38(48)43(52)45-36(35-53-44-42(51)41(50)40(49)39(34-46)54-44)37(47)32-30-28-26-24-22-16-14-12-10-8-6-4-2/h20-21,30,32,36-42,44,46-51H,3-19,22-29,31,33-35H2,1-2H3,(H,45,52)/b21-20-,32-30+. The van der Waals surface area contributed by atoms with Crippen LogP contribution in [0.5, 0.6) is 0 Å². The Morgan fingerprint density at radius 3 is 1.56 bits per heavy atom. The van der Waals surface area contributed by atoms with Crippen molar-refractivity contribution in [3.63, 3.8) is 0 Å². The number of hydrogen-bond acceptors (Lipinski definition) is 9. The van der Waals surface area contributed by atoms with E-state index in [9.17, 15) is 35.4 Å². The molecule has 10 nitrogen and oxygen atoms in total. The third-order valence-corrected chi connectivity index (χ3v) is 10.6. The highest BCUT2D eigenvalue weighted by Crippen LogP contribution is 2.22. The third kappa shape index (κ3) is 25.0. The Morgan fingerprint density at radius 2 is 1.07 bits per heavy atom. The normalized spacial score (nSPS) is 22.3. The van der Waals surface area contributed by atoms with Crippen LogP contribution in [-0.2, 0) is 14.3 Å². The zero-order valence-electron chi connectivity index (χ0n) is 34.3. The number of unbranched alkanes of at least 4 members (excludes halogenated alkanes) is 23. The first-order chi connectivity index (χ1) is 26.3. The number of ether oxygens (including phenoxy) is 2. The van der Waals surface area contributed by atoms with Gasteiger partial charge in [0.15, 0.2) is 6.29 Å². The first-order valence-corrected chi connectivity index (χ1v) is 22.2. The summed E-state index contributed by atoms with van der Waals surface area (Å²) in [6.45, 7) is 3.58. The number of hydrogen-bond donors (Lipinski definition) is 7. The molecule has 1 heterocycles. The van der Waals surface area contributed by atoms with Gasteiger partial charge in [0.1, 0.15) is 30.5 Å². The maximum atomic E-state index is 13.0. The van der Waals surface area contributed by atoms with Gasteiger partial charge in [-0.2, -0.15) is 0 Å². The van der Waals surface area contributed by atoms with Gasteiger partial charge in [0.05, 0.1) is 25.4 Å². The number of nitrogens with one attached hydrogen (secondary N) is 1. The average Bonchev–Trinajstić information content (AvgIpc) is 3.17. The number of rotatable bonds is 36. The minimum atomic E-state index is -1.61. The largest absolute Gasteiger partial charge is 0.394 e. The molecule has 1 saturated heterocycles. The van der Waals surface area contributed by atoms with Crippen molar-refractivity contribution in [2.75, 3.05) is 13.2 Å². The molecule has 54 heavy (non-hydrogen) atoms. The molecule has 8 atom stereocenters. The maximum Gasteiger partial charge on any atom is 0.249 e. The van der Waals surface area contributed by atoms with Crippen molar-refractivity contribution >= 4 is 5.91 Å². The molecule has 1 rings (SSSR count). The summed E-state index contributed by atoms with van der Waals surface area (Å²) in [6.07, 6.45) is 29.8. The molecule has 318 valence electrons. The maximum absolute atomic E-state index is 13.0. The molecule has 0 spiro atoms. The summed E-state index contributed by atoms with van der Waals surface area (Å²) in [7, 11) is 0. The van der Waals surface area contributed by atoms with Crippen LogP contribution in [0, 0.1) is 0 Å². The predicted octanol–water partition coefficient (Wildman–Crippen LogP) is 7.69. The van der Waals surface area contributed by atoms with Gasteiger partial charge in [-0.3, -0.25) is 4.79 Å². The molecule has 0 aliphatic carbocycles. The molecule has 0 aromatic heterocycles. The minimum Gasteiger partial charge on any atom is -0.394 e. The molecule has 10 heteroatoms. The second-order valence-electron chi connectivity index (χ2n) is 15.6. The van der Waals surface area contributed by atoms with Gasteiger partial charge in [0.2, 0.25) is 5.91 Å². The summed E-state index contributed by atoms with van der Waals surface area (Å²) in [5.41, 5.74) is 0. The topological polar surface area (TPSA) is 169 Å². The number of aliphatic hydroxyl groups is 6. The van der Waals surface area contributed by atoms with Crippen molar-refractivity contribution in [2.45, 2.75) is 236 Å². The summed E-state index contributed by atoms with van der Waals surface area (Å²) >= 11 is 0. The molecule has 1 aliphatic heterocycles. The number of amides is 1. The van der Waals surface area contributed by atoms with Crippen molar-refractivity contribution in [1.82, 2.24) is 5.32 Å². The Balaban J connectivity index is 2.44. The van der Waals surface area contributed by atoms with E-state index in [4.69, 9.17) is 9.47 Å². The average molecular weight is 770 g/mol. The molecular weight excluding hydrogens is 686 g/mol. The molecule has 7 N–H and O–H groups in total. The lowest BCUT2D eigenvalue weighted by Crippen LogP contribution is -2.60. The van der Waals surface area contributed by atoms with Crippen molar-refractivity contribution < 1.29 is 44.9 Å². The van der Waals surface area contributed by atoms with Crippen LogP contribution in [0.2, 0.25) is 0 Å². The zero-order valence-corrected chi connectivity index (χ0v) is 34.3. The van der Waals surface area contributed by atoms with Gasteiger partial charge >= 0.3 is 0 Å². The molecule has 1 aliphatic rings. The van der Waals surface area contributed by atoms with E-state index in [0.29, 0.717) is 12.8 Å². The Kier molecular flexibility index (Phi) is 32.7. The molecule has 0 bridgehead atoms. The van der Waals surface area contributed by atoms with Gasteiger partial charge < -0.3 is 45.4 Å². The highest BCUT2D eigenvalue weighted by atomic mass is 16.7. The first-order valence-electron chi connectivity index (χ1n) is 22.2. The molecule has 0 aromatic rings. The fraction of sp³-hybridized carbons (Fsp3) is 0.886. The van der Waals surface area contributed by atoms with Crippen LogP contribution in [0.25, 0.3) is 0 Å². The van der Waals surface area contributed by atoms with E-state index in [1.165, 1.54) is 109 Å². The van der Waals surface area contributed by atoms with Gasteiger partial charge in [-0.05, 0) is 44.9 Å². The summed E-state index contributed by atoms with van der Waals surface area (Å²) < 4.78 is 11.1. The van der Waals surface area contributed by atoms with Crippen LogP contribution in [0.4, 0.5) is 0 Å². The molecule has 1 fully saturated rings. The molecule has 0 radical (unpaired) electrons. The van der Waals surface area contributed by atoms with E-state index in [1.807, 2.05) is 6.08 Å². The number of carbonyl (C=O) groups excluding carboxylic acids is 1. The Morgan fingerprint density at radius 1 is 0.630 bits per heavy atom. The van der Waals surface area contributed by atoms with Crippen LogP contribution in [0.15, 0.2) is 24.3 Å². The summed E-state index contributed by atoms with van der Waals surface area (Å²) in [4.78, 5) is 13.0. The Bertz CT molecular complexity index is 916. The lowest BCUT2D eigenvalue weighted by Gasteiger charge is -2.40. The third-order valence-electron chi connectivity index (χ3n) is 10.6. The van der Waals surface area contributed by atoms with Crippen LogP contribution in [0.1, 0.15) is 187 Å². The minimum absolute atomic E-state index is 0.297. The van der Waals surface area contributed by atoms with Crippen molar-refractivity contribution in [1.29, 1.82) is 0 Å². The van der Waals surface area contributed by atoms with Gasteiger partial charge in [-0.25, -0.2) is 0 Å². The Hall–Kier alpha value is -1.37. The van der Waals surface area contributed by atoms with Gasteiger partial charge in [-0.15, -0.1) is 0 Å². The van der Waals surface area contributed by atoms with E-state index in [1.54, 1.807) is 6.08 Å². The molecule has 0 aromatic carbocycles. The van der Waals surface area contributed by atoms with Gasteiger partial charge in [0, 0.05) is 0 Å². The van der Waals surface area contributed by atoms with Crippen LogP contribution in [0.3, 0.4) is 0 Å². The Labute approximate surface area is 329 Å². The summed E-state index contributed by atoms with van der Waals surface area (Å²) in [5, 5.41) is 64.5. The van der Waals surface area contributed by atoms with Gasteiger partial charge in [-0.1, -0.05) is 167 Å². The summed E-state index contributed by atoms with van der Waals surface area (Å²) in [6, 6.07) is -0.981. The number of aliphatic hydroxyl groups excluding tert-OH is 6. The van der Waals surface area contributed by atoms with E-state index in [2.05, 4.69) is 31.3 Å². The SMILES string of the molecule is CCCCCCCCCCC/C=C\CCCCCCC(O)C(=O)NC(COC1OC(CO)C(O)C(O)C1O)C(O)/C=C/CCCCCCCCCCCC. The lowest BCUT2D eigenvalue weighted by molar-refractivity contribution is -0.302. The smallest absolute Gasteiger partial charge is 0.249 e. The second kappa shape index (κ2) is 34.8. The van der Waals surface area contributed by atoms with Crippen LogP contribution >= 0.6 is 0 Å². The fourth-order valence-corrected chi connectivity index (χ4v) is 6.92. The molecule has 0 saturated carbocycles. The fourth-order valence-electron chi connectivity index (χ4n) is 6.92. The first kappa shape index (κ1) is 50.6. The number of allylic oxidation sites excluding steroid dienone is 3. The van der Waals surface area contributed by atoms with Crippen molar-refractivity contribution in [3.8, 4) is 0 Å². The van der Waals surface area contributed by atoms with Crippen molar-refractivity contribution in [3.05, 3.63) is 24.3 Å². The predicted molar refractivity (Wildman–Crippen MR) is 218 cm³/mol. The van der Waals surface area contributed by atoms with E-state index >= 15 is 0 Å². The highest BCUT2D eigenvalue weighted by Gasteiger charge is 2.44. The molecule has 1 amide bonds. The number of carbonyl (C=O) groups is 1. The van der Waals surface area contributed by atoms with Gasteiger partial charge in [0.25, 0.3) is 0 Å². The van der Waals surface area contributed by atoms with Crippen LogP contribution < -0.4 is 5.32 Å². The second-order valence-corrected chi connectivity index (χ2v) is 15.6. The highest BCUT2D eigenvalue weighted by molar-refractivity contribution is 5.80. The van der Waals surface area contributed by atoms with Crippen molar-refractivity contribution in [2.24, 2.45) is 0 Å². The monoisotopic (exact) mass is 770 g/mol. The molecule has 8 unspecified atom stereocenters.